The molecule has 2 aromatic carbocycles. The van der Waals surface area contributed by atoms with E-state index in [0.29, 0.717) is 6.10 Å². The molecule has 1 saturated heterocycles. The van der Waals surface area contributed by atoms with Crippen molar-refractivity contribution >= 4 is 12.1 Å². The van der Waals surface area contributed by atoms with Crippen molar-refractivity contribution in [3.63, 3.8) is 0 Å². The number of anilines is 1. The average Bonchev–Trinajstić information content (AvgIpc) is 3.33. The molecule has 1 heterocycles. The first-order valence-electron chi connectivity index (χ1n) is 11.8. The lowest BCUT2D eigenvalue weighted by Gasteiger charge is -2.33. The first-order valence-corrected chi connectivity index (χ1v) is 11.8. The fraction of sp³-hybridized carbons (Fsp3) is 0.500. The van der Waals surface area contributed by atoms with Gasteiger partial charge in [0.2, 0.25) is 6.41 Å². The van der Waals surface area contributed by atoms with Gasteiger partial charge < -0.3 is 20.3 Å². The van der Waals surface area contributed by atoms with Crippen LogP contribution >= 0.6 is 0 Å². The van der Waals surface area contributed by atoms with Crippen LogP contribution in [0.5, 0.6) is 5.75 Å². The number of carbonyl (C=O) groups excluding carboxylic acids is 1. The third-order valence-electron chi connectivity index (χ3n) is 6.44. The number of hydrogen-bond donors (Lipinski definition) is 2. The number of likely N-dealkylation sites (tertiary alicyclic amines) is 1. The number of benzene rings is 2. The van der Waals surface area contributed by atoms with Crippen LogP contribution in [-0.4, -0.2) is 37.0 Å². The number of piperidine rings is 1. The molecular formula is C26H35N3O2. The van der Waals surface area contributed by atoms with Crippen LogP contribution in [0.25, 0.3) is 0 Å². The molecule has 166 valence electrons. The molecule has 5 heteroatoms. The summed E-state index contributed by atoms with van der Waals surface area (Å²) in [6, 6.07) is 17.1. The molecule has 2 aliphatic rings. The zero-order chi connectivity index (χ0) is 21.3. The summed E-state index contributed by atoms with van der Waals surface area (Å²) in [5.41, 5.74) is 3.59. The highest BCUT2D eigenvalue weighted by atomic mass is 16.5. The number of nitrogens with one attached hydrogen (secondary N) is 2. The molecule has 0 bridgehead atoms. The van der Waals surface area contributed by atoms with Crippen molar-refractivity contribution in [3.8, 4) is 5.75 Å². The van der Waals surface area contributed by atoms with Crippen LogP contribution in [-0.2, 0) is 11.3 Å². The third-order valence-corrected chi connectivity index (χ3v) is 6.44. The zero-order valence-corrected chi connectivity index (χ0v) is 18.4. The molecule has 2 aromatic rings. The molecule has 0 radical (unpaired) electrons. The molecule has 1 saturated carbocycles. The van der Waals surface area contributed by atoms with Crippen LogP contribution in [0, 0.1) is 0 Å². The molecular weight excluding hydrogens is 386 g/mol. The lowest BCUT2D eigenvalue weighted by Crippen LogP contribution is -2.32. The Morgan fingerprint density at radius 1 is 0.968 bits per heavy atom. The molecule has 1 amide bonds. The maximum Gasteiger partial charge on any atom is 0.210 e. The highest BCUT2D eigenvalue weighted by Crippen LogP contribution is 2.31. The first kappa shape index (κ1) is 21.7. The monoisotopic (exact) mass is 421 g/mol. The third kappa shape index (κ3) is 6.01. The molecule has 1 atom stereocenters. The van der Waals surface area contributed by atoms with E-state index in [-0.39, 0.29) is 6.04 Å². The van der Waals surface area contributed by atoms with E-state index in [9.17, 15) is 4.79 Å². The second kappa shape index (κ2) is 11.2. The van der Waals surface area contributed by atoms with Crippen LogP contribution in [0.15, 0.2) is 48.5 Å². The number of para-hydroxylation sites is 2. The van der Waals surface area contributed by atoms with Crippen molar-refractivity contribution in [2.24, 2.45) is 0 Å². The van der Waals surface area contributed by atoms with Crippen LogP contribution < -0.4 is 15.4 Å². The van der Waals surface area contributed by atoms with Crippen LogP contribution in [0.4, 0.5) is 5.69 Å². The van der Waals surface area contributed by atoms with Gasteiger partial charge in [-0.05, 0) is 68.2 Å². The van der Waals surface area contributed by atoms with Gasteiger partial charge in [-0.2, -0.15) is 0 Å². The van der Waals surface area contributed by atoms with Crippen LogP contribution in [0.3, 0.4) is 0 Å². The van der Waals surface area contributed by atoms with E-state index >= 15 is 0 Å². The van der Waals surface area contributed by atoms with Crippen molar-refractivity contribution < 1.29 is 9.53 Å². The lowest BCUT2D eigenvalue weighted by molar-refractivity contribution is -0.121. The number of rotatable bonds is 10. The van der Waals surface area contributed by atoms with Gasteiger partial charge in [0, 0.05) is 26.2 Å². The summed E-state index contributed by atoms with van der Waals surface area (Å²) in [4.78, 5) is 13.4. The SMILES string of the molecule is O=CN1CCCCC1c1cccc(CNCCNc2ccccc2OC2CCCC2)c1. The standard InChI is InChI=1S/C26H35N3O2/c30-20-29-17-6-5-13-25(29)22-9-7-8-21(18-22)19-27-15-16-28-24-12-3-4-14-26(24)31-23-10-1-2-11-23/h3-4,7-9,12,14,18,20,23,25,27-28H,1-2,5-6,10-11,13,15-17,19H2. The van der Waals surface area contributed by atoms with E-state index in [2.05, 4.69) is 53.1 Å². The minimum absolute atomic E-state index is 0.226. The lowest BCUT2D eigenvalue weighted by atomic mass is 9.94. The molecule has 2 N–H and O–H groups in total. The first-order chi connectivity index (χ1) is 15.3. The minimum Gasteiger partial charge on any atom is -0.488 e. The van der Waals surface area contributed by atoms with Gasteiger partial charge in [-0.1, -0.05) is 36.4 Å². The zero-order valence-electron chi connectivity index (χ0n) is 18.4. The molecule has 2 fully saturated rings. The van der Waals surface area contributed by atoms with Gasteiger partial charge in [0.15, 0.2) is 0 Å². The number of nitrogens with zero attached hydrogens (tertiary/aromatic N) is 1. The van der Waals surface area contributed by atoms with Crippen molar-refractivity contribution in [2.45, 2.75) is 63.6 Å². The quantitative estimate of drug-likeness (QED) is 0.423. The summed E-state index contributed by atoms with van der Waals surface area (Å²) in [5, 5.41) is 7.05. The second-order valence-corrected chi connectivity index (χ2v) is 8.72. The van der Waals surface area contributed by atoms with Gasteiger partial charge in [-0.3, -0.25) is 4.79 Å². The van der Waals surface area contributed by atoms with Crippen molar-refractivity contribution in [1.82, 2.24) is 10.2 Å². The summed E-state index contributed by atoms with van der Waals surface area (Å²) in [7, 11) is 0. The van der Waals surface area contributed by atoms with E-state index in [1.165, 1.54) is 43.2 Å². The Labute approximate surface area is 186 Å². The molecule has 1 aliphatic carbocycles. The topological polar surface area (TPSA) is 53.6 Å². The molecule has 0 spiro atoms. The second-order valence-electron chi connectivity index (χ2n) is 8.72. The van der Waals surface area contributed by atoms with Gasteiger partial charge in [0.05, 0.1) is 17.8 Å². The highest BCUT2D eigenvalue weighted by Gasteiger charge is 2.22. The maximum atomic E-state index is 11.4. The van der Waals surface area contributed by atoms with Gasteiger partial charge in [0.25, 0.3) is 0 Å². The molecule has 0 aromatic heterocycles. The predicted molar refractivity (Wildman–Crippen MR) is 125 cm³/mol. The van der Waals surface area contributed by atoms with Gasteiger partial charge in [-0.25, -0.2) is 0 Å². The van der Waals surface area contributed by atoms with Gasteiger partial charge in [-0.15, -0.1) is 0 Å². The Hall–Kier alpha value is -2.53. The Bertz CT molecular complexity index is 835. The fourth-order valence-electron chi connectivity index (χ4n) is 4.77. The summed E-state index contributed by atoms with van der Waals surface area (Å²) in [6.45, 7) is 3.40. The van der Waals surface area contributed by atoms with Gasteiger partial charge in [0.1, 0.15) is 5.75 Å². The largest absolute Gasteiger partial charge is 0.488 e. The molecule has 4 rings (SSSR count). The Morgan fingerprint density at radius 3 is 2.68 bits per heavy atom. The van der Waals surface area contributed by atoms with E-state index < -0.39 is 0 Å². The highest BCUT2D eigenvalue weighted by molar-refractivity contribution is 5.56. The van der Waals surface area contributed by atoms with Crippen LogP contribution in [0.1, 0.15) is 62.1 Å². The number of ether oxygens (including phenoxy) is 1. The summed E-state index contributed by atoms with van der Waals surface area (Å²) < 4.78 is 6.21. The average molecular weight is 422 g/mol. The Balaban J connectivity index is 1.24. The summed E-state index contributed by atoms with van der Waals surface area (Å²) >= 11 is 0. The number of hydrogen-bond acceptors (Lipinski definition) is 4. The van der Waals surface area contributed by atoms with Gasteiger partial charge >= 0.3 is 0 Å². The van der Waals surface area contributed by atoms with E-state index in [1.54, 1.807) is 0 Å². The number of amides is 1. The predicted octanol–water partition coefficient (Wildman–Crippen LogP) is 4.89. The van der Waals surface area contributed by atoms with Crippen LogP contribution in [0.2, 0.25) is 0 Å². The summed E-state index contributed by atoms with van der Waals surface area (Å²) in [5.74, 6) is 0.967. The minimum atomic E-state index is 0.226. The maximum absolute atomic E-state index is 11.4. The van der Waals surface area contributed by atoms with E-state index in [1.807, 2.05) is 11.0 Å². The summed E-state index contributed by atoms with van der Waals surface area (Å²) in [6.07, 6.45) is 9.62. The van der Waals surface area contributed by atoms with Crippen molar-refractivity contribution in [1.29, 1.82) is 0 Å². The Morgan fingerprint density at radius 2 is 1.81 bits per heavy atom. The Kier molecular flexibility index (Phi) is 7.83. The van der Waals surface area contributed by atoms with E-state index in [4.69, 9.17) is 4.74 Å². The molecule has 1 aliphatic heterocycles. The molecule has 5 nitrogen and oxygen atoms in total. The van der Waals surface area contributed by atoms with Crippen molar-refractivity contribution in [2.75, 3.05) is 25.0 Å². The van der Waals surface area contributed by atoms with E-state index in [0.717, 1.165) is 56.9 Å². The van der Waals surface area contributed by atoms with Crippen molar-refractivity contribution in [3.05, 3.63) is 59.7 Å². The smallest absolute Gasteiger partial charge is 0.210 e. The normalized spacial score (nSPS) is 19.4. The molecule has 31 heavy (non-hydrogen) atoms. The molecule has 1 unspecified atom stereocenters. The number of carbonyl (C=O) groups is 1. The fourth-order valence-corrected chi connectivity index (χ4v) is 4.77.